The van der Waals surface area contributed by atoms with E-state index in [9.17, 15) is 0 Å². The maximum Gasteiger partial charge on any atom is 0.129 e. The lowest BCUT2D eigenvalue weighted by atomic mass is 10.3. The Labute approximate surface area is 109 Å². The van der Waals surface area contributed by atoms with Gasteiger partial charge in [-0.15, -0.1) is 0 Å². The number of rotatable bonds is 5. The maximum absolute atomic E-state index is 5.60. The van der Waals surface area contributed by atoms with Crippen LogP contribution in [0.5, 0.6) is 0 Å². The largest absolute Gasteiger partial charge is 0.467 e. The van der Waals surface area contributed by atoms with Gasteiger partial charge in [0.25, 0.3) is 0 Å². The van der Waals surface area contributed by atoms with Crippen molar-refractivity contribution in [1.29, 1.82) is 0 Å². The van der Waals surface area contributed by atoms with Crippen LogP contribution in [0.1, 0.15) is 24.1 Å². The third-order valence-corrected chi connectivity index (χ3v) is 3.48. The van der Waals surface area contributed by atoms with Gasteiger partial charge in [0.2, 0.25) is 0 Å². The van der Waals surface area contributed by atoms with Gasteiger partial charge >= 0.3 is 0 Å². The number of ether oxygens (including phenoxy) is 1. The minimum Gasteiger partial charge on any atom is -0.467 e. The van der Waals surface area contributed by atoms with E-state index in [1.54, 1.807) is 6.26 Å². The zero-order chi connectivity index (χ0) is 12.3. The lowest BCUT2D eigenvalue weighted by Gasteiger charge is -2.03. The highest BCUT2D eigenvalue weighted by Gasteiger charge is 2.12. The van der Waals surface area contributed by atoms with E-state index >= 15 is 0 Å². The summed E-state index contributed by atoms with van der Waals surface area (Å²) < 4.78 is 13.7. The molecule has 0 N–H and O–H groups in total. The lowest BCUT2D eigenvalue weighted by molar-refractivity contribution is 0.0880. The summed E-state index contributed by atoms with van der Waals surface area (Å²) in [4.78, 5) is 0. The van der Waals surface area contributed by atoms with Crippen molar-refractivity contribution in [2.75, 3.05) is 0 Å². The summed E-state index contributed by atoms with van der Waals surface area (Å²) in [5, 5.41) is 4.41. The van der Waals surface area contributed by atoms with Crippen LogP contribution < -0.4 is 0 Å². The van der Waals surface area contributed by atoms with E-state index in [1.165, 1.54) is 0 Å². The minimum absolute atomic E-state index is 0.478. The molecule has 0 aromatic carbocycles. The molecule has 2 heterocycles. The van der Waals surface area contributed by atoms with E-state index in [2.05, 4.69) is 28.0 Å². The second kappa shape index (κ2) is 5.51. The van der Waals surface area contributed by atoms with Crippen LogP contribution in [0.25, 0.3) is 0 Å². The molecule has 0 aliphatic heterocycles. The molecule has 2 rings (SSSR count). The average Bonchev–Trinajstić information content (AvgIpc) is 2.91. The molecule has 0 spiro atoms. The van der Waals surface area contributed by atoms with E-state index in [4.69, 9.17) is 9.15 Å². The Hall–Kier alpha value is -1.07. The molecule has 5 heteroatoms. The number of halogens is 1. The molecule has 0 atom stereocenters. The lowest BCUT2D eigenvalue weighted by Crippen LogP contribution is -2.01. The summed E-state index contributed by atoms with van der Waals surface area (Å²) in [5.41, 5.74) is 2.11. The van der Waals surface area contributed by atoms with Gasteiger partial charge in [-0.25, -0.2) is 0 Å². The molecular formula is C12H15BrN2O2. The molecule has 0 bridgehead atoms. The van der Waals surface area contributed by atoms with Gasteiger partial charge in [0.05, 0.1) is 28.7 Å². The number of aromatic nitrogens is 2. The Balaban J connectivity index is 1.97. The van der Waals surface area contributed by atoms with Crippen LogP contribution in [0.2, 0.25) is 0 Å². The molecule has 0 amide bonds. The highest BCUT2D eigenvalue weighted by atomic mass is 79.9. The number of furan rings is 1. The topological polar surface area (TPSA) is 40.2 Å². The second-order valence-electron chi connectivity index (χ2n) is 3.76. The molecule has 0 aliphatic rings. The second-order valence-corrected chi connectivity index (χ2v) is 4.55. The number of aryl methyl sites for hydroxylation is 2. The maximum atomic E-state index is 5.60. The standard InChI is InChI=1S/C12H15BrN2O2/c1-3-10-12(13)11(15(2)14-10)8-16-7-9-5-4-6-17-9/h4-6H,3,7-8H2,1-2H3. The molecule has 17 heavy (non-hydrogen) atoms. The predicted octanol–water partition coefficient (Wildman–Crippen LogP) is 3.05. The quantitative estimate of drug-likeness (QED) is 0.852. The monoisotopic (exact) mass is 298 g/mol. The first-order valence-corrected chi connectivity index (χ1v) is 6.32. The Morgan fingerprint density at radius 2 is 2.29 bits per heavy atom. The zero-order valence-corrected chi connectivity index (χ0v) is 11.5. The molecule has 0 saturated heterocycles. The summed E-state index contributed by atoms with van der Waals surface area (Å²) in [6.07, 6.45) is 2.56. The van der Waals surface area contributed by atoms with Gasteiger partial charge in [0.15, 0.2) is 0 Å². The van der Waals surface area contributed by atoms with Crippen molar-refractivity contribution in [3.63, 3.8) is 0 Å². The van der Waals surface area contributed by atoms with E-state index < -0.39 is 0 Å². The van der Waals surface area contributed by atoms with Crippen LogP contribution in [0.4, 0.5) is 0 Å². The molecule has 4 nitrogen and oxygen atoms in total. The Bertz CT molecular complexity index is 477. The van der Waals surface area contributed by atoms with Crippen molar-refractivity contribution in [2.45, 2.75) is 26.6 Å². The van der Waals surface area contributed by atoms with Crippen LogP contribution in [0.15, 0.2) is 27.3 Å². The highest BCUT2D eigenvalue weighted by molar-refractivity contribution is 9.10. The van der Waals surface area contributed by atoms with E-state index in [1.807, 2.05) is 23.9 Å². The van der Waals surface area contributed by atoms with E-state index in [-0.39, 0.29) is 0 Å². The first-order valence-electron chi connectivity index (χ1n) is 5.52. The third kappa shape index (κ3) is 2.79. The fraction of sp³-hybridized carbons (Fsp3) is 0.417. The van der Waals surface area contributed by atoms with Gasteiger partial charge in [-0.2, -0.15) is 5.10 Å². The average molecular weight is 299 g/mol. The molecular weight excluding hydrogens is 284 g/mol. The fourth-order valence-corrected chi connectivity index (χ4v) is 2.35. The van der Waals surface area contributed by atoms with E-state index in [0.29, 0.717) is 13.2 Å². The first kappa shape index (κ1) is 12.4. The van der Waals surface area contributed by atoms with Crippen LogP contribution >= 0.6 is 15.9 Å². The molecule has 0 saturated carbocycles. The van der Waals surface area contributed by atoms with Crippen molar-refractivity contribution in [3.8, 4) is 0 Å². The van der Waals surface area contributed by atoms with Crippen molar-refractivity contribution in [1.82, 2.24) is 9.78 Å². The minimum atomic E-state index is 0.478. The summed E-state index contributed by atoms with van der Waals surface area (Å²) >= 11 is 3.55. The summed E-state index contributed by atoms with van der Waals surface area (Å²) in [5.74, 6) is 0.832. The summed E-state index contributed by atoms with van der Waals surface area (Å²) in [6, 6.07) is 3.75. The van der Waals surface area contributed by atoms with Crippen molar-refractivity contribution in [3.05, 3.63) is 40.0 Å². The van der Waals surface area contributed by atoms with Gasteiger partial charge < -0.3 is 9.15 Å². The Morgan fingerprint density at radius 1 is 1.47 bits per heavy atom. The SMILES string of the molecule is CCc1nn(C)c(COCc2ccco2)c1Br. The number of nitrogens with zero attached hydrogens (tertiary/aromatic N) is 2. The number of hydrogen-bond acceptors (Lipinski definition) is 3. The van der Waals surface area contributed by atoms with Crippen molar-refractivity contribution >= 4 is 15.9 Å². The van der Waals surface area contributed by atoms with Gasteiger partial charge in [-0.05, 0) is 34.5 Å². The predicted molar refractivity (Wildman–Crippen MR) is 67.5 cm³/mol. The van der Waals surface area contributed by atoms with Crippen LogP contribution in [0.3, 0.4) is 0 Å². The van der Waals surface area contributed by atoms with Gasteiger partial charge in [0, 0.05) is 7.05 Å². The number of hydrogen-bond donors (Lipinski definition) is 0. The van der Waals surface area contributed by atoms with Crippen LogP contribution in [-0.4, -0.2) is 9.78 Å². The normalized spacial score (nSPS) is 11.0. The van der Waals surface area contributed by atoms with Gasteiger partial charge in [-0.3, -0.25) is 4.68 Å². The molecule has 0 fully saturated rings. The summed E-state index contributed by atoms with van der Waals surface area (Å²) in [6.45, 7) is 3.08. The van der Waals surface area contributed by atoms with Crippen molar-refractivity contribution in [2.24, 2.45) is 7.05 Å². The van der Waals surface area contributed by atoms with Crippen LogP contribution in [0, 0.1) is 0 Å². The smallest absolute Gasteiger partial charge is 0.129 e. The first-order chi connectivity index (χ1) is 8.22. The highest BCUT2D eigenvalue weighted by Crippen LogP contribution is 2.22. The zero-order valence-electron chi connectivity index (χ0n) is 9.94. The molecule has 0 radical (unpaired) electrons. The molecule has 0 unspecified atom stereocenters. The fourth-order valence-electron chi connectivity index (χ4n) is 1.62. The Morgan fingerprint density at radius 3 is 2.88 bits per heavy atom. The van der Waals surface area contributed by atoms with Crippen molar-refractivity contribution < 1.29 is 9.15 Å². The summed E-state index contributed by atoms with van der Waals surface area (Å²) in [7, 11) is 1.93. The van der Waals surface area contributed by atoms with Crippen LogP contribution in [-0.2, 0) is 31.4 Å². The molecule has 92 valence electrons. The molecule has 2 aromatic heterocycles. The van der Waals surface area contributed by atoms with E-state index in [0.717, 1.165) is 28.0 Å². The molecule has 0 aliphatic carbocycles. The van der Waals surface area contributed by atoms with Gasteiger partial charge in [0.1, 0.15) is 12.4 Å². The Kier molecular flexibility index (Phi) is 4.02. The third-order valence-electron chi connectivity index (χ3n) is 2.57. The van der Waals surface area contributed by atoms with Gasteiger partial charge in [-0.1, -0.05) is 6.92 Å². The molecule has 2 aromatic rings.